The zero-order valence-corrected chi connectivity index (χ0v) is 12.2. The number of carbonyl (C=O) groups is 1. The number of anilines is 1. The summed E-state index contributed by atoms with van der Waals surface area (Å²) in [6.45, 7) is 2.99. The lowest BCUT2D eigenvalue weighted by molar-refractivity contribution is 0.0740. The summed E-state index contributed by atoms with van der Waals surface area (Å²) in [5, 5.41) is 0.292. The Balaban J connectivity index is 1.63. The number of rotatable bonds is 2. The molecule has 5 nitrogen and oxygen atoms in total. The molecule has 0 aliphatic carbocycles. The van der Waals surface area contributed by atoms with Gasteiger partial charge in [-0.1, -0.05) is 29.8 Å². The second-order valence-corrected chi connectivity index (χ2v) is 5.23. The largest absolute Gasteiger partial charge is 0.368 e. The molecule has 1 amide bonds. The van der Waals surface area contributed by atoms with Crippen molar-refractivity contribution in [3.8, 4) is 0 Å². The fourth-order valence-electron chi connectivity index (χ4n) is 2.39. The van der Waals surface area contributed by atoms with Crippen LogP contribution in [-0.2, 0) is 0 Å². The van der Waals surface area contributed by atoms with Gasteiger partial charge in [0.1, 0.15) is 10.8 Å². The Hall–Kier alpha value is -2.14. The SMILES string of the molecule is O=C(c1cnc(Cl)cn1)N1CCN(c2ccccc2)CC1. The van der Waals surface area contributed by atoms with Gasteiger partial charge in [0.25, 0.3) is 5.91 Å². The fraction of sp³-hybridized carbons (Fsp3) is 0.267. The third-order valence-electron chi connectivity index (χ3n) is 3.53. The van der Waals surface area contributed by atoms with Crippen LogP contribution < -0.4 is 4.90 Å². The van der Waals surface area contributed by atoms with E-state index in [9.17, 15) is 4.79 Å². The van der Waals surface area contributed by atoms with Gasteiger partial charge in [0.2, 0.25) is 0 Å². The number of nitrogens with zero attached hydrogens (tertiary/aromatic N) is 4. The van der Waals surface area contributed by atoms with Gasteiger partial charge in [0.05, 0.1) is 12.4 Å². The van der Waals surface area contributed by atoms with E-state index in [1.807, 2.05) is 18.2 Å². The minimum absolute atomic E-state index is 0.0909. The van der Waals surface area contributed by atoms with Crippen LogP contribution in [0.4, 0.5) is 5.69 Å². The first kappa shape index (κ1) is 13.8. The highest BCUT2D eigenvalue weighted by Gasteiger charge is 2.23. The van der Waals surface area contributed by atoms with Gasteiger partial charge >= 0.3 is 0 Å². The van der Waals surface area contributed by atoms with E-state index in [0.29, 0.717) is 23.9 Å². The number of halogens is 1. The summed E-state index contributed by atoms with van der Waals surface area (Å²) in [4.78, 5) is 24.3. The molecular weight excluding hydrogens is 288 g/mol. The van der Waals surface area contributed by atoms with Crippen molar-refractivity contribution in [2.75, 3.05) is 31.1 Å². The van der Waals surface area contributed by atoms with E-state index in [2.05, 4.69) is 27.0 Å². The number of aromatic nitrogens is 2. The van der Waals surface area contributed by atoms with Crippen LogP contribution in [0.5, 0.6) is 0 Å². The van der Waals surface area contributed by atoms with Gasteiger partial charge in [0.15, 0.2) is 0 Å². The highest BCUT2D eigenvalue weighted by Crippen LogP contribution is 2.16. The van der Waals surface area contributed by atoms with Crippen LogP contribution in [0.1, 0.15) is 10.5 Å². The fourth-order valence-corrected chi connectivity index (χ4v) is 2.49. The lowest BCUT2D eigenvalue weighted by atomic mass is 10.2. The van der Waals surface area contributed by atoms with Crippen molar-refractivity contribution in [1.29, 1.82) is 0 Å². The molecule has 1 saturated heterocycles. The molecule has 6 heteroatoms. The summed E-state index contributed by atoms with van der Waals surface area (Å²) in [6.07, 6.45) is 2.82. The van der Waals surface area contributed by atoms with Crippen LogP contribution in [0.15, 0.2) is 42.7 Å². The van der Waals surface area contributed by atoms with E-state index in [1.54, 1.807) is 4.90 Å². The quantitative estimate of drug-likeness (QED) is 0.852. The lowest BCUT2D eigenvalue weighted by Crippen LogP contribution is -2.49. The van der Waals surface area contributed by atoms with E-state index >= 15 is 0 Å². The number of piperazine rings is 1. The maximum Gasteiger partial charge on any atom is 0.274 e. The van der Waals surface area contributed by atoms with Crippen molar-refractivity contribution in [3.05, 3.63) is 53.6 Å². The van der Waals surface area contributed by atoms with Crippen LogP contribution in [0.3, 0.4) is 0 Å². The number of para-hydroxylation sites is 1. The summed E-state index contributed by atoms with van der Waals surface area (Å²) in [5.41, 5.74) is 1.53. The Morgan fingerprint density at radius 2 is 1.71 bits per heavy atom. The number of hydrogen-bond acceptors (Lipinski definition) is 4. The molecule has 108 valence electrons. The van der Waals surface area contributed by atoms with Crippen LogP contribution >= 0.6 is 11.6 Å². The molecule has 2 aromatic rings. The van der Waals surface area contributed by atoms with E-state index < -0.39 is 0 Å². The lowest BCUT2D eigenvalue weighted by Gasteiger charge is -2.35. The first-order chi connectivity index (χ1) is 10.2. The standard InChI is InChI=1S/C15H15ClN4O/c16-14-11-17-13(10-18-14)15(21)20-8-6-19(7-9-20)12-4-2-1-3-5-12/h1-5,10-11H,6-9H2. The third-order valence-corrected chi connectivity index (χ3v) is 3.72. The zero-order chi connectivity index (χ0) is 14.7. The molecule has 0 N–H and O–H groups in total. The molecule has 1 aliphatic rings. The van der Waals surface area contributed by atoms with Crippen molar-refractivity contribution in [2.45, 2.75) is 0 Å². The molecule has 1 fully saturated rings. The monoisotopic (exact) mass is 302 g/mol. The Morgan fingerprint density at radius 1 is 1.00 bits per heavy atom. The van der Waals surface area contributed by atoms with Crippen molar-refractivity contribution < 1.29 is 4.79 Å². The first-order valence-electron chi connectivity index (χ1n) is 6.81. The van der Waals surface area contributed by atoms with E-state index in [0.717, 1.165) is 13.1 Å². The molecule has 0 bridgehead atoms. The highest BCUT2D eigenvalue weighted by molar-refractivity contribution is 6.29. The van der Waals surface area contributed by atoms with Crippen LogP contribution in [-0.4, -0.2) is 47.0 Å². The number of amides is 1. The molecule has 2 heterocycles. The van der Waals surface area contributed by atoms with E-state index in [1.165, 1.54) is 18.1 Å². The first-order valence-corrected chi connectivity index (χ1v) is 7.18. The summed E-state index contributed by atoms with van der Waals surface area (Å²) < 4.78 is 0. The van der Waals surface area contributed by atoms with Gasteiger partial charge in [0, 0.05) is 31.9 Å². The van der Waals surface area contributed by atoms with Gasteiger partial charge in [-0.25, -0.2) is 9.97 Å². The molecule has 1 aromatic heterocycles. The second-order valence-electron chi connectivity index (χ2n) is 4.84. The molecule has 0 unspecified atom stereocenters. The average molecular weight is 303 g/mol. The average Bonchev–Trinajstić information content (AvgIpc) is 2.56. The van der Waals surface area contributed by atoms with E-state index in [-0.39, 0.29) is 5.91 Å². The minimum Gasteiger partial charge on any atom is -0.368 e. The van der Waals surface area contributed by atoms with Gasteiger partial charge < -0.3 is 9.80 Å². The maximum absolute atomic E-state index is 12.3. The normalized spacial score (nSPS) is 15.1. The van der Waals surface area contributed by atoms with Crippen molar-refractivity contribution >= 4 is 23.2 Å². The van der Waals surface area contributed by atoms with Crippen molar-refractivity contribution in [3.63, 3.8) is 0 Å². The Labute approximate surface area is 128 Å². The van der Waals surface area contributed by atoms with Crippen LogP contribution in [0, 0.1) is 0 Å². The summed E-state index contributed by atoms with van der Waals surface area (Å²) in [6, 6.07) is 10.2. The Kier molecular flexibility index (Phi) is 4.01. The zero-order valence-electron chi connectivity index (χ0n) is 11.4. The Morgan fingerprint density at radius 3 is 2.33 bits per heavy atom. The topological polar surface area (TPSA) is 49.3 Å². The predicted molar refractivity (Wildman–Crippen MR) is 81.6 cm³/mol. The number of hydrogen-bond donors (Lipinski definition) is 0. The van der Waals surface area contributed by atoms with Crippen molar-refractivity contribution in [1.82, 2.24) is 14.9 Å². The van der Waals surface area contributed by atoms with Gasteiger partial charge in [-0.3, -0.25) is 4.79 Å². The maximum atomic E-state index is 12.3. The predicted octanol–water partition coefficient (Wildman–Crippen LogP) is 2.09. The smallest absolute Gasteiger partial charge is 0.274 e. The summed E-state index contributed by atoms with van der Waals surface area (Å²) >= 11 is 5.68. The molecule has 0 radical (unpaired) electrons. The number of carbonyl (C=O) groups excluding carboxylic acids is 1. The van der Waals surface area contributed by atoms with Gasteiger partial charge in [-0.2, -0.15) is 0 Å². The Bertz CT molecular complexity index is 609. The second kappa shape index (κ2) is 6.10. The molecule has 1 aliphatic heterocycles. The summed E-state index contributed by atoms with van der Waals surface area (Å²) in [7, 11) is 0. The number of benzene rings is 1. The molecule has 0 saturated carbocycles. The molecule has 21 heavy (non-hydrogen) atoms. The summed E-state index contributed by atoms with van der Waals surface area (Å²) in [5.74, 6) is -0.0909. The molecule has 0 spiro atoms. The van der Waals surface area contributed by atoms with E-state index in [4.69, 9.17) is 11.6 Å². The van der Waals surface area contributed by atoms with Gasteiger partial charge in [-0.05, 0) is 12.1 Å². The van der Waals surface area contributed by atoms with Gasteiger partial charge in [-0.15, -0.1) is 0 Å². The van der Waals surface area contributed by atoms with Crippen LogP contribution in [0.2, 0.25) is 5.15 Å². The molecular formula is C15H15ClN4O. The molecule has 0 atom stereocenters. The molecule has 3 rings (SSSR count). The highest BCUT2D eigenvalue weighted by atomic mass is 35.5. The molecule has 1 aromatic carbocycles. The van der Waals surface area contributed by atoms with Crippen molar-refractivity contribution in [2.24, 2.45) is 0 Å². The third kappa shape index (κ3) is 3.13. The minimum atomic E-state index is -0.0909. The van der Waals surface area contributed by atoms with Crippen LogP contribution in [0.25, 0.3) is 0 Å².